The van der Waals surface area contributed by atoms with Gasteiger partial charge in [-0.1, -0.05) is 29.8 Å². The van der Waals surface area contributed by atoms with E-state index in [-0.39, 0.29) is 0 Å². The molecule has 0 aliphatic carbocycles. The summed E-state index contributed by atoms with van der Waals surface area (Å²) in [7, 11) is 0. The number of para-hydroxylation sites is 1. The molecule has 1 aromatic carbocycles. The molecule has 3 nitrogen and oxygen atoms in total. The standard InChI is InChI=1S/C13H11Cl2N3/c14-7-10-12(15)16-8-17-13(10)18-6-5-9-3-1-2-4-11(9)18/h1-4,8H,5-7H2. The second kappa shape index (κ2) is 4.75. The van der Waals surface area contributed by atoms with Crippen LogP contribution in [0.25, 0.3) is 0 Å². The van der Waals surface area contributed by atoms with Crippen LogP contribution >= 0.6 is 23.2 Å². The van der Waals surface area contributed by atoms with Gasteiger partial charge in [-0.15, -0.1) is 11.6 Å². The minimum absolute atomic E-state index is 0.313. The Bertz CT molecular complexity index is 586. The lowest BCUT2D eigenvalue weighted by molar-refractivity contribution is 0.950. The Hall–Kier alpha value is -1.32. The molecule has 0 radical (unpaired) electrons. The molecule has 1 aliphatic heterocycles. The molecule has 3 rings (SSSR count). The maximum Gasteiger partial charge on any atom is 0.142 e. The molecule has 18 heavy (non-hydrogen) atoms. The smallest absolute Gasteiger partial charge is 0.142 e. The first-order valence-electron chi connectivity index (χ1n) is 5.72. The molecule has 0 amide bonds. The van der Waals surface area contributed by atoms with Crippen LogP contribution in [0.2, 0.25) is 5.15 Å². The zero-order chi connectivity index (χ0) is 12.5. The average Bonchev–Trinajstić information content (AvgIpc) is 2.82. The van der Waals surface area contributed by atoms with Gasteiger partial charge in [0.1, 0.15) is 17.3 Å². The zero-order valence-electron chi connectivity index (χ0n) is 9.61. The van der Waals surface area contributed by atoms with E-state index in [1.54, 1.807) is 0 Å². The van der Waals surface area contributed by atoms with Gasteiger partial charge >= 0.3 is 0 Å². The molecule has 1 aromatic heterocycles. The molecular weight excluding hydrogens is 269 g/mol. The third-order valence-corrected chi connectivity index (χ3v) is 3.74. The lowest BCUT2D eigenvalue weighted by atomic mass is 10.2. The van der Waals surface area contributed by atoms with Crippen molar-refractivity contribution in [3.63, 3.8) is 0 Å². The molecule has 0 fully saturated rings. The predicted molar refractivity (Wildman–Crippen MR) is 73.8 cm³/mol. The van der Waals surface area contributed by atoms with Crippen molar-refractivity contribution in [2.24, 2.45) is 0 Å². The summed E-state index contributed by atoms with van der Waals surface area (Å²) in [5.41, 5.74) is 3.30. The van der Waals surface area contributed by atoms with E-state index in [4.69, 9.17) is 23.2 Å². The summed E-state index contributed by atoms with van der Waals surface area (Å²) in [6.07, 6.45) is 2.49. The topological polar surface area (TPSA) is 29.0 Å². The molecule has 5 heteroatoms. The van der Waals surface area contributed by atoms with E-state index in [0.717, 1.165) is 24.3 Å². The van der Waals surface area contributed by atoms with Crippen molar-refractivity contribution in [1.82, 2.24) is 9.97 Å². The zero-order valence-corrected chi connectivity index (χ0v) is 11.1. The Morgan fingerprint density at radius 3 is 2.89 bits per heavy atom. The third kappa shape index (κ3) is 1.84. The van der Waals surface area contributed by atoms with Crippen LogP contribution in [0.4, 0.5) is 11.5 Å². The van der Waals surface area contributed by atoms with Gasteiger partial charge in [0.05, 0.1) is 5.88 Å². The van der Waals surface area contributed by atoms with E-state index in [2.05, 4.69) is 33.1 Å². The maximum atomic E-state index is 6.07. The van der Waals surface area contributed by atoms with Gasteiger partial charge in [-0.3, -0.25) is 0 Å². The number of hydrogen-bond acceptors (Lipinski definition) is 3. The highest BCUT2D eigenvalue weighted by Gasteiger charge is 2.23. The average molecular weight is 280 g/mol. The number of benzene rings is 1. The maximum absolute atomic E-state index is 6.07. The highest BCUT2D eigenvalue weighted by Crippen LogP contribution is 2.36. The van der Waals surface area contributed by atoms with Crippen molar-refractivity contribution in [3.05, 3.63) is 46.9 Å². The van der Waals surface area contributed by atoms with Gasteiger partial charge in [0.25, 0.3) is 0 Å². The first-order chi connectivity index (χ1) is 8.81. The van der Waals surface area contributed by atoms with Crippen LogP contribution in [0.15, 0.2) is 30.6 Å². The van der Waals surface area contributed by atoms with E-state index in [1.807, 2.05) is 6.07 Å². The number of rotatable bonds is 2. The molecule has 0 spiro atoms. The molecule has 0 atom stereocenters. The minimum atomic E-state index is 0.313. The Morgan fingerprint density at radius 1 is 1.22 bits per heavy atom. The SMILES string of the molecule is ClCc1c(Cl)ncnc1N1CCc2ccccc21. The summed E-state index contributed by atoms with van der Waals surface area (Å²) in [4.78, 5) is 10.5. The van der Waals surface area contributed by atoms with Crippen LogP contribution in [0.3, 0.4) is 0 Å². The summed E-state index contributed by atoms with van der Waals surface area (Å²) >= 11 is 12.0. The highest BCUT2D eigenvalue weighted by molar-refractivity contribution is 6.31. The Balaban J connectivity index is 2.10. The molecule has 2 heterocycles. The Morgan fingerprint density at radius 2 is 2.06 bits per heavy atom. The summed E-state index contributed by atoms with van der Waals surface area (Å²) in [5.74, 6) is 1.13. The van der Waals surface area contributed by atoms with E-state index in [1.165, 1.54) is 17.6 Å². The minimum Gasteiger partial charge on any atom is -0.325 e. The van der Waals surface area contributed by atoms with E-state index in [9.17, 15) is 0 Å². The van der Waals surface area contributed by atoms with Crippen LogP contribution in [0.1, 0.15) is 11.1 Å². The van der Waals surface area contributed by atoms with Crippen LogP contribution in [-0.4, -0.2) is 16.5 Å². The van der Waals surface area contributed by atoms with Gasteiger partial charge in [0, 0.05) is 17.8 Å². The predicted octanol–water partition coefficient (Wildman–Crippen LogP) is 3.56. The van der Waals surface area contributed by atoms with Crippen LogP contribution < -0.4 is 4.90 Å². The summed E-state index contributed by atoms with van der Waals surface area (Å²) < 4.78 is 0. The fourth-order valence-electron chi connectivity index (χ4n) is 2.29. The molecule has 1 aliphatic rings. The summed E-state index contributed by atoms with van der Waals surface area (Å²) in [5, 5.41) is 0.430. The third-order valence-electron chi connectivity index (χ3n) is 3.15. The lowest BCUT2D eigenvalue weighted by Crippen LogP contribution is -2.17. The molecule has 0 bridgehead atoms. The van der Waals surface area contributed by atoms with Crippen LogP contribution in [0, 0.1) is 0 Å². The van der Waals surface area contributed by atoms with Crippen LogP contribution in [-0.2, 0) is 12.3 Å². The van der Waals surface area contributed by atoms with Crippen molar-refractivity contribution < 1.29 is 0 Å². The number of fused-ring (bicyclic) bond motifs is 1. The Kier molecular flexibility index (Phi) is 3.10. The lowest BCUT2D eigenvalue weighted by Gasteiger charge is -2.20. The number of anilines is 2. The second-order valence-electron chi connectivity index (χ2n) is 4.13. The number of nitrogens with zero attached hydrogens (tertiary/aromatic N) is 3. The van der Waals surface area contributed by atoms with Crippen molar-refractivity contribution in [2.75, 3.05) is 11.4 Å². The molecule has 0 N–H and O–H groups in total. The van der Waals surface area contributed by atoms with E-state index >= 15 is 0 Å². The van der Waals surface area contributed by atoms with Crippen molar-refractivity contribution in [1.29, 1.82) is 0 Å². The van der Waals surface area contributed by atoms with Gasteiger partial charge in [-0.25, -0.2) is 9.97 Å². The summed E-state index contributed by atoms with van der Waals surface area (Å²) in [6, 6.07) is 8.31. The second-order valence-corrected chi connectivity index (χ2v) is 4.76. The molecule has 0 saturated carbocycles. The highest BCUT2D eigenvalue weighted by atomic mass is 35.5. The normalized spacial score (nSPS) is 13.8. The fraction of sp³-hybridized carbons (Fsp3) is 0.231. The number of halogens is 2. The molecule has 2 aromatic rings. The number of hydrogen-bond donors (Lipinski definition) is 0. The van der Waals surface area contributed by atoms with Gasteiger partial charge in [-0.2, -0.15) is 0 Å². The summed E-state index contributed by atoms with van der Waals surface area (Å²) in [6.45, 7) is 0.899. The first-order valence-corrected chi connectivity index (χ1v) is 6.63. The van der Waals surface area contributed by atoms with Gasteiger partial charge in [0.15, 0.2) is 0 Å². The van der Waals surface area contributed by atoms with E-state index in [0.29, 0.717) is 11.0 Å². The van der Waals surface area contributed by atoms with Gasteiger partial charge < -0.3 is 4.90 Å². The van der Waals surface area contributed by atoms with Crippen LogP contribution in [0.5, 0.6) is 0 Å². The molecular formula is C13H11Cl2N3. The quantitative estimate of drug-likeness (QED) is 0.622. The largest absolute Gasteiger partial charge is 0.325 e. The number of alkyl halides is 1. The number of aromatic nitrogens is 2. The molecule has 0 unspecified atom stereocenters. The van der Waals surface area contributed by atoms with Gasteiger partial charge in [-0.05, 0) is 18.1 Å². The van der Waals surface area contributed by atoms with Gasteiger partial charge in [0.2, 0.25) is 0 Å². The van der Waals surface area contributed by atoms with E-state index < -0.39 is 0 Å². The first kappa shape index (κ1) is 11.8. The van der Waals surface area contributed by atoms with Crippen molar-refractivity contribution >= 4 is 34.7 Å². The molecule has 0 saturated heterocycles. The fourth-order valence-corrected chi connectivity index (χ4v) is 2.80. The molecule has 92 valence electrons. The van der Waals surface area contributed by atoms with Crippen molar-refractivity contribution in [3.8, 4) is 0 Å². The van der Waals surface area contributed by atoms with Crippen molar-refractivity contribution in [2.45, 2.75) is 12.3 Å². The monoisotopic (exact) mass is 279 g/mol. The Labute approximate surface area is 115 Å².